The fraction of sp³-hybridized carbons (Fsp3) is 0.538. The predicted molar refractivity (Wildman–Crippen MR) is 76.2 cm³/mol. The molecule has 0 heterocycles. The van der Waals surface area contributed by atoms with Crippen molar-refractivity contribution in [3.63, 3.8) is 0 Å². The summed E-state index contributed by atoms with van der Waals surface area (Å²) in [4.78, 5) is -0.252. The van der Waals surface area contributed by atoms with Gasteiger partial charge in [-0.05, 0) is 25.0 Å². The van der Waals surface area contributed by atoms with Crippen molar-refractivity contribution in [1.29, 1.82) is 0 Å². The first-order valence-corrected chi connectivity index (χ1v) is 8.00. The Kier molecular flexibility index (Phi) is 5.91. The molecule has 7 heteroatoms. The average Bonchev–Trinajstić information content (AvgIpc) is 2.42. The summed E-state index contributed by atoms with van der Waals surface area (Å²) < 4.78 is 39.9. The van der Waals surface area contributed by atoms with Gasteiger partial charge in [0.1, 0.15) is 10.7 Å². The van der Waals surface area contributed by atoms with Gasteiger partial charge in [-0.1, -0.05) is 19.9 Å². The van der Waals surface area contributed by atoms with E-state index in [0.29, 0.717) is 12.8 Å². The number of benzene rings is 1. The van der Waals surface area contributed by atoms with E-state index in [4.69, 9.17) is 10.8 Å². The standard InChI is InChI=1S/C13H21FN2O3S/c1-3-10(4-2)16(8-9-17)20(18,19)12-7-5-6-11(14)13(12)15/h5-7,10,17H,3-4,8-9,15H2,1-2H3. The number of nitrogen functional groups attached to an aromatic ring is 1. The van der Waals surface area contributed by atoms with Crippen LogP contribution in [0.15, 0.2) is 23.1 Å². The molecule has 0 bridgehead atoms. The van der Waals surface area contributed by atoms with E-state index in [-0.39, 0.29) is 29.8 Å². The SMILES string of the molecule is CCC(CC)N(CCO)S(=O)(=O)c1cccc(F)c1N. The minimum atomic E-state index is -3.93. The van der Waals surface area contributed by atoms with E-state index in [9.17, 15) is 12.8 Å². The van der Waals surface area contributed by atoms with Crippen molar-refractivity contribution in [3.05, 3.63) is 24.0 Å². The number of nitrogens with zero attached hydrogens (tertiary/aromatic N) is 1. The van der Waals surface area contributed by atoms with Crippen LogP contribution in [0, 0.1) is 5.82 Å². The third-order valence-corrected chi connectivity index (χ3v) is 5.28. The van der Waals surface area contributed by atoms with Crippen molar-refractivity contribution in [1.82, 2.24) is 4.31 Å². The normalized spacial score (nSPS) is 12.3. The highest BCUT2D eigenvalue weighted by Gasteiger charge is 2.31. The number of para-hydroxylation sites is 1. The number of rotatable bonds is 7. The largest absolute Gasteiger partial charge is 0.395 e. The van der Waals surface area contributed by atoms with Gasteiger partial charge in [-0.3, -0.25) is 0 Å². The van der Waals surface area contributed by atoms with E-state index in [0.717, 1.165) is 6.07 Å². The highest BCUT2D eigenvalue weighted by Crippen LogP contribution is 2.27. The van der Waals surface area contributed by atoms with Gasteiger partial charge in [0.15, 0.2) is 0 Å². The van der Waals surface area contributed by atoms with E-state index in [1.165, 1.54) is 16.4 Å². The minimum absolute atomic E-state index is 0.0371. The maximum Gasteiger partial charge on any atom is 0.245 e. The first-order chi connectivity index (χ1) is 9.39. The van der Waals surface area contributed by atoms with Crippen molar-refractivity contribution in [2.24, 2.45) is 0 Å². The Bertz CT molecular complexity index is 545. The fourth-order valence-corrected chi connectivity index (χ4v) is 4.05. The Morgan fingerprint density at radius 1 is 1.35 bits per heavy atom. The van der Waals surface area contributed by atoms with Crippen molar-refractivity contribution < 1.29 is 17.9 Å². The van der Waals surface area contributed by atoms with Crippen LogP contribution >= 0.6 is 0 Å². The molecule has 0 saturated heterocycles. The van der Waals surface area contributed by atoms with Gasteiger partial charge >= 0.3 is 0 Å². The monoisotopic (exact) mass is 304 g/mol. The fourth-order valence-electron chi connectivity index (χ4n) is 2.16. The Hall–Kier alpha value is -1.18. The van der Waals surface area contributed by atoms with E-state index >= 15 is 0 Å². The van der Waals surface area contributed by atoms with Crippen LogP contribution in [0.4, 0.5) is 10.1 Å². The molecule has 1 rings (SSSR count). The third-order valence-electron chi connectivity index (χ3n) is 3.27. The molecular formula is C13H21FN2O3S. The lowest BCUT2D eigenvalue weighted by Crippen LogP contribution is -2.41. The molecule has 1 aromatic rings. The minimum Gasteiger partial charge on any atom is -0.395 e. The van der Waals surface area contributed by atoms with Crippen molar-refractivity contribution in [2.45, 2.75) is 37.6 Å². The maximum atomic E-state index is 13.5. The van der Waals surface area contributed by atoms with Crippen LogP contribution in [-0.4, -0.2) is 37.0 Å². The smallest absolute Gasteiger partial charge is 0.245 e. The zero-order valence-corrected chi connectivity index (χ0v) is 12.5. The number of hydrogen-bond acceptors (Lipinski definition) is 4. The number of sulfonamides is 1. The Balaban J connectivity index is 3.33. The molecule has 20 heavy (non-hydrogen) atoms. The summed E-state index contributed by atoms with van der Waals surface area (Å²) in [5.41, 5.74) is 5.15. The molecule has 0 unspecified atom stereocenters. The van der Waals surface area contributed by atoms with Crippen LogP contribution in [0.5, 0.6) is 0 Å². The van der Waals surface area contributed by atoms with Gasteiger partial charge in [0.25, 0.3) is 0 Å². The molecule has 0 atom stereocenters. The summed E-state index contributed by atoms with van der Waals surface area (Å²) in [5, 5.41) is 9.10. The Morgan fingerprint density at radius 3 is 2.45 bits per heavy atom. The molecule has 1 aromatic carbocycles. The second-order valence-corrected chi connectivity index (χ2v) is 6.32. The average molecular weight is 304 g/mol. The van der Waals surface area contributed by atoms with Crippen LogP contribution < -0.4 is 5.73 Å². The van der Waals surface area contributed by atoms with Gasteiger partial charge in [0, 0.05) is 12.6 Å². The van der Waals surface area contributed by atoms with Crippen molar-refractivity contribution in [3.8, 4) is 0 Å². The summed E-state index contributed by atoms with van der Waals surface area (Å²) in [7, 11) is -3.93. The highest BCUT2D eigenvalue weighted by atomic mass is 32.2. The zero-order chi connectivity index (χ0) is 15.3. The molecule has 0 amide bonds. The van der Waals surface area contributed by atoms with Crippen LogP contribution in [-0.2, 0) is 10.0 Å². The second kappa shape index (κ2) is 7.01. The lowest BCUT2D eigenvalue weighted by Gasteiger charge is -2.29. The van der Waals surface area contributed by atoms with Gasteiger partial charge in [0.05, 0.1) is 12.3 Å². The summed E-state index contributed by atoms with van der Waals surface area (Å²) >= 11 is 0. The number of hydrogen-bond donors (Lipinski definition) is 2. The summed E-state index contributed by atoms with van der Waals surface area (Å²) in [6.45, 7) is 3.39. The van der Waals surface area contributed by atoms with Gasteiger partial charge in [0.2, 0.25) is 10.0 Å². The summed E-state index contributed by atoms with van der Waals surface area (Å²) in [6.07, 6.45) is 1.20. The number of aliphatic hydroxyl groups is 1. The lowest BCUT2D eigenvalue weighted by molar-refractivity contribution is 0.219. The van der Waals surface area contributed by atoms with E-state index < -0.39 is 15.8 Å². The van der Waals surface area contributed by atoms with Gasteiger partial charge in [-0.2, -0.15) is 4.31 Å². The second-order valence-electron chi connectivity index (χ2n) is 4.46. The third kappa shape index (κ3) is 3.28. The van der Waals surface area contributed by atoms with E-state index in [1.54, 1.807) is 0 Å². The van der Waals surface area contributed by atoms with Crippen LogP contribution in [0.25, 0.3) is 0 Å². The van der Waals surface area contributed by atoms with Gasteiger partial charge in [-0.15, -0.1) is 0 Å². The molecule has 114 valence electrons. The van der Waals surface area contributed by atoms with Crippen molar-refractivity contribution >= 4 is 15.7 Å². The summed E-state index contributed by atoms with van der Waals surface area (Å²) in [5.74, 6) is -0.764. The van der Waals surface area contributed by atoms with E-state index in [1.807, 2.05) is 13.8 Å². The number of halogens is 1. The number of anilines is 1. The van der Waals surface area contributed by atoms with Gasteiger partial charge in [-0.25, -0.2) is 12.8 Å². The maximum absolute atomic E-state index is 13.5. The first-order valence-electron chi connectivity index (χ1n) is 6.56. The van der Waals surface area contributed by atoms with E-state index in [2.05, 4.69) is 0 Å². The molecule has 0 fully saturated rings. The van der Waals surface area contributed by atoms with Gasteiger partial charge < -0.3 is 10.8 Å². The molecule has 3 N–H and O–H groups in total. The topological polar surface area (TPSA) is 83.6 Å². The number of nitrogens with two attached hydrogens (primary N) is 1. The zero-order valence-electron chi connectivity index (χ0n) is 11.7. The van der Waals surface area contributed by atoms with Crippen LogP contribution in [0.1, 0.15) is 26.7 Å². The molecule has 0 aromatic heterocycles. The molecule has 5 nitrogen and oxygen atoms in total. The molecule has 0 radical (unpaired) electrons. The lowest BCUT2D eigenvalue weighted by atomic mass is 10.2. The molecule has 0 saturated carbocycles. The molecule has 0 spiro atoms. The molecular weight excluding hydrogens is 283 g/mol. The molecule has 0 aliphatic heterocycles. The Morgan fingerprint density at radius 2 is 1.95 bits per heavy atom. The molecule has 0 aliphatic carbocycles. The van der Waals surface area contributed by atoms with Crippen molar-refractivity contribution in [2.75, 3.05) is 18.9 Å². The van der Waals surface area contributed by atoms with Crippen LogP contribution in [0.2, 0.25) is 0 Å². The predicted octanol–water partition coefficient (Wildman–Crippen LogP) is 1.58. The quantitative estimate of drug-likeness (QED) is 0.749. The Labute approximate surface area is 119 Å². The highest BCUT2D eigenvalue weighted by molar-refractivity contribution is 7.89. The first kappa shape index (κ1) is 16.9. The van der Waals surface area contributed by atoms with Crippen LogP contribution in [0.3, 0.4) is 0 Å². The molecule has 0 aliphatic rings. The number of aliphatic hydroxyl groups excluding tert-OH is 1. The summed E-state index contributed by atoms with van der Waals surface area (Å²) in [6, 6.07) is 3.44.